The fourth-order valence-corrected chi connectivity index (χ4v) is 1.20. The molecule has 0 saturated carbocycles. The predicted octanol–water partition coefficient (Wildman–Crippen LogP) is 4.14. The van der Waals surface area contributed by atoms with E-state index in [2.05, 4.69) is 13.8 Å². The molecule has 0 saturated heterocycles. The maximum Gasteiger partial charge on any atom is 0.127 e. The van der Waals surface area contributed by atoms with Crippen LogP contribution in [0.25, 0.3) is 0 Å². The molecule has 0 spiro atoms. The third-order valence-electron chi connectivity index (χ3n) is 1.79. The van der Waals surface area contributed by atoms with Gasteiger partial charge >= 0.3 is 0 Å². The first kappa shape index (κ1) is 12.4. The second kappa shape index (κ2) is 5.95. The minimum Gasteiger partial charge on any atom is -0.242 e. The van der Waals surface area contributed by atoms with Gasteiger partial charge in [0, 0.05) is 0 Å². The summed E-state index contributed by atoms with van der Waals surface area (Å²) in [6.07, 6.45) is 4.91. The molecular formula is C12H21F. The summed E-state index contributed by atoms with van der Waals surface area (Å²) in [6, 6.07) is 0. The lowest BCUT2D eigenvalue weighted by molar-refractivity contribution is 0.302. The normalized spacial score (nSPS) is 16.2. The Morgan fingerprint density at radius 1 is 1.15 bits per heavy atom. The standard InChI is InChI=1S/C12H21F/c1-6-7-11(8-9(2)3)12(13)10(4)5/h6-10,12H,1-5H3/b7-6-,11-8+. The van der Waals surface area contributed by atoms with Crippen LogP contribution in [0.5, 0.6) is 0 Å². The summed E-state index contributed by atoms with van der Waals surface area (Å²) in [5.41, 5.74) is 0.813. The molecule has 13 heavy (non-hydrogen) atoms. The van der Waals surface area contributed by atoms with Crippen molar-refractivity contribution < 1.29 is 4.39 Å². The fourth-order valence-electron chi connectivity index (χ4n) is 1.20. The molecule has 0 radical (unpaired) electrons. The number of rotatable bonds is 4. The number of hydrogen-bond acceptors (Lipinski definition) is 0. The Balaban J connectivity index is 4.60. The molecule has 0 N–H and O–H groups in total. The highest BCUT2D eigenvalue weighted by Gasteiger charge is 2.14. The van der Waals surface area contributed by atoms with Gasteiger partial charge in [0.25, 0.3) is 0 Å². The molecule has 0 nitrogen and oxygen atoms in total. The lowest BCUT2D eigenvalue weighted by Gasteiger charge is -2.14. The van der Waals surface area contributed by atoms with E-state index in [1.165, 1.54) is 0 Å². The lowest BCUT2D eigenvalue weighted by atomic mass is 9.97. The summed E-state index contributed by atoms with van der Waals surface area (Å²) in [5, 5.41) is 0. The van der Waals surface area contributed by atoms with E-state index in [9.17, 15) is 4.39 Å². The van der Waals surface area contributed by atoms with Gasteiger partial charge in [0.1, 0.15) is 6.17 Å². The Labute approximate surface area is 81.5 Å². The molecule has 0 aromatic heterocycles. The molecule has 1 heteroatoms. The molecule has 0 heterocycles. The quantitative estimate of drug-likeness (QED) is 0.576. The van der Waals surface area contributed by atoms with Crippen molar-refractivity contribution in [2.24, 2.45) is 11.8 Å². The van der Waals surface area contributed by atoms with Gasteiger partial charge in [0.2, 0.25) is 0 Å². The summed E-state index contributed by atoms with van der Waals surface area (Å²) in [6.45, 7) is 9.86. The van der Waals surface area contributed by atoms with Crippen LogP contribution in [0.1, 0.15) is 34.6 Å². The minimum absolute atomic E-state index is 0.0567. The van der Waals surface area contributed by atoms with Crippen molar-refractivity contribution in [1.82, 2.24) is 0 Å². The van der Waals surface area contributed by atoms with E-state index < -0.39 is 6.17 Å². The van der Waals surface area contributed by atoms with Crippen LogP contribution in [-0.4, -0.2) is 6.17 Å². The molecule has 0 aliphatic carbocycles. The smallest absolute Gasteiger partial charge is 0.127 e. The molecule has 1 atom stereocenters. The molecule has 0 bridgehead atoms. The van der Waals surface area contributed by atoms with E-state index in [0.29, 0.717) is 5.92 Å². The highest BCUT2D eigenvalue weighted by atomic mass is 19.1. The van der Waals surface area contributed by atoms with E-state index in [1.807, 2.05) is 39.0 Å². The van der Waals surface area contributed by atoms with Crippen molar-refractivity contribution in [3.63, 3.8) is 0 Å². The second-order valence-corrected chi connectivity index (χ2v) is 4.06. The third kappa shape index (κ3) is 4.87. The van der Waals surface area contributed by atoms with Gasteiger partial charge in [-0.1, -0.05) is 45.9 Å². The Kier molecular flexibility index (Phi) is 5.68. The van der Waals surface area contributed by atoms with E-state index in [1.54, 1.807) is 0 Å². The molecule has 0 amide bonds. The Hall–Kier alpha value is -0.590. The van der Waals surface area contributed by atoms with E-state index in [4.69, 9.17) is 0 Å². The van der Waals surface area contributed by atoms with Gasteiger partial charge < -0.3 is 0 Å². The number of hydrogen-bond donors (Lipinski definition) is 0. The molecule has 1 unspecified atom stereocenters. The molecular weight excluding hydrogens is 163 g/mol. The van der Waals surface area contributed by atoms with E-state index >= 15 is 0 Å². The summed E-state index contributed by atoms with van der Waals surface area (Å²) in [4.78, 5) is 0. The predicted molar refractivity (Wildman–Crippen MR) is 57.5 cm³/mol. The van der Waals surface area contributed by atoms with Gasteiger partial charge in [-0.3, -0.25) is 0 Å². The lowest BCUT2D eigenvalue weighted by Crippen LogP contribution is -2.11. The van der Waals surface area contributed by atoms with Gasteiger partial charge in [0.15, 0.2) is 0 Å². The van der Waals surface area contributed by atoms with Crippen LogP contribution in [0.15, 0.2) is 23.8 Å². The monoisotopic (exact) mass is 184 g/mol. The summed E-state index contributed by atoms with van der Waals surface area (Å²) in [5.74, 6) is 0.462. The number of alkyl halides is 1. The average molecular weight is 184 g/mol. The first-order chi connectivity index (χ1) is 5.99. The van der Waals surface area contributed by atoms with Gasteiger partial charge in [-0.2, -0.15) is 0 Å². The highest BCUT2D eigenvalue weighted by molar-refractivity contribution is 5.23. The van der Waals surface area contributed by atoms with Crippen LogP contribution in [0, 0.1) is 11.8 Å². The van der Waals surface area contributed by atoms with Crippen molar-refractivity contribution in [3.8, 4) is 0 Å². The topological polar surface area (TPSA) is 0 Å². The van der Waals surface area contributed by atoms with Gasteiger partial charge in [-0.15, -0.1) is 0 Å². The van der Waals surface area contributed by atoms with Crippen LogP contribution in [0.4, 0.5) is 4.39 Å². The van der Waals surface area contributed by atoms with Gasteiger partial charge in [-0.25, -0.2) is 4.39 Å². The molecule has 0 fully saturated rings. The van der Waals surface area contributed by atoms with Gasteiger partial charge in [0.05, 0.1) is 0 Å². The van der Waals surface area contributed by atoms with E-state index in [-0.39, 0.29) is 5.92 Å². The third-order valence-corrected chi connectivity index (χ3v) is 1.79. The molecule has 76 valence electrons. The Bertz CT molecular complexity index is 187. The highest BCUT2D eigenvalue weighted by Crippen LogP contribution is 2.19. The maximum atomic E-state index is 13.6. The molecule has 0 rings (SSSR count). The van der Waals surface area contributed by atoms with Crippen LogP contribution in [0.3, 0.4) is 0 Å². The largest absolute Gasteiger partial charge is 0.242 e. The van der Waals surface area contributed by atoms with Crippen molar-refractivity contribution in [3.05, 3.63) is 23.8 Å². The Morgan fingerprint density at radius 3 is 2.00 bits per heavy atom. The maximum absolute atomic E-state index is 13.6. The van der Waals surface area contributed by atoms with E-state index in [0.717, 1.165) is 5.57 Å². The zero-order valence-corrected chi connectivity index (χ0v) is 9.34. The summed E-state index contributed by atoms with van der Waals surface area (Å²) < 4.78 is 13.6. The van der Waals surface area contributed by atoms with Crippen molar-refractivity contribution in [2.75, 3.05) is 0 Å². The molecule has 0 aromatic rings. The van der Waals surface area contributed by atoms with Crippen LogP contribution in [-0.2, 0) is 0 Å². The van der Waals surface area contributed by atoms with Crippen LogP contribution < -0.4 is 0 Å². The molecule has 0 aromatic carbocycles. The first-order valence-corrected chi connectivity index (χ1v) is 4.97. The minimum atomic E-state index is -0.835. The summed E-state index contributed by atoms with van der Waals surface area (Å²) >= 11 is 0. The van der Waals surface area contributed by atoms with Crippen molar-refractivity contribution in [1.29, 1.82) is 0 Å². The van der Waals surface area contributed by atoms with Crippen molar-refractivity contribution >= 4 is 0 Å². The zero-order chi connectivity index (χ0) is 10.4. The van der Waals surface area contributed by atoms with Gasteiger partial charge in [-0.05, 0) is 24.3 Å². The molecule has 0 aliphatic rings. The fraction of sp³-hybridized carbons (Fsp3) is 0.667. The summed E-state index contributed by atoms with van der Waals surface area (Å²) in [7, 11) is 0. The van der Waals surface area contributed by atoms with Crippen molar-refractivity contribution in [2.45, 2.75) is 40.8 Å². The SMILES string of the molecule is C/C=C\C(=C/C(C)C)C(F)C(C)C. The molecule has 0 aliphatic heterocycles. The number of allylic oxidation sites excluding steroid dienone is 4. The number of halogens is 1. The first-order valence-electron chi connectivity index (χ1n) is 4.97. The second-order valence-electron chi connectivity index (χ2n) is 4.06. The average Bonchev–Trinajstić information content (AvgIpc) is 2.01. The van der Waals surface area contributed by atoms with Crippen LogP contribution in [0.2, 0.25) is 0 Å². The Morgan fingerprint density at radius 2 is 1.69 bits per heavy atom. The van der Waals surface area contributed by atoms with Crippen LogP contribution >= 0.6 is 0 Å². The zero-order valence-electron chi connectivity index (χ0n) is 9.34.